The van der Waals surface area contributed by atoms with Gasteiger partial charge >= 0.3 is 0 Å². The van der Waals surface area contributed by atoms with Crippen molar-refractivity contribution in [3.63, 3.8) is 0 Å². The summed E-state index contributed by atoms with van der Waals surface area (Å²) >= 11 is 1.60. The lowest BCUT2D eigenvalue weighted by atomic mass is 10.1. The molecule has 0 fully saturated rings. The molecule has 108 valence electrons. The molecule has 4 nitrogen and oxygen atoms in total. The lowest BCUT2D eigenvalue weighted by Crippen LogP contribution is -1.99. The number of nitrogens with one attached hydrogen (secondary N) is 1. The number of fused-ring (bicyclic) bond motifs is 1. The third-order valence-electron chi connectivity index (χ3n) is 3.40. The SMILES string of the molecule is c1csc(-c2noc(CNc3ccc4ccccc4c3)n2)c1. The van der Waals surface area contributed by atoms with Crippen molar-refractivity contribution in [1.82, 2.24) is 10.1 Å². The maximum absolute atomic E-state index is 5.28. The van der Waals surface area contributed by atoms with Crippen LogP contribution in [0.1, 0.15) is 5.89 Å². The van der Waals surface area contributed by atoms with E-state index < -0.39 is 0 Å². The van der Waals surface area contributed by atoms with Gasteiger partial charge in [-0.15, -0.1) is 11.3 Å². The molecule has 0 amide bonds. The van der Waals surface area contributed by atoms with Crippen molar-refractivity contribution in [3.8, 4) is 10.7 Å². The molecule has 0 bridgehead atoms. The van der Waals surface area contributed by atoms with Crippen LogP contribution in [-0.2, 0) is 6.54 Å². The van der Waals surface area contributed by atoms with Crippen LogP contribution >= 0.6 is 11.3 Å². The number of rotatable bonds is 4. The lowest BCUT2D eigenvalue weighted by Gasteiger charge is -2.05. The quantitative estimate of drug-likeness (QED) is 0.600. The van der Waals surface area contributed by atoms with Crippen LogP contribution < -0.4 is 5.32 Å². The van der Waals surface area contributed by atoms with Crippen molar-refractivity contribution in [2.75, 3.05) is 5.32 Å². The topological polar surface area (TPSA) is 51.0 Å². The maximum Gasteiger partial charge on any atom is 0.246 e. The molecule has 5 heteroatoms. The number of hydrogen-bond acceptors (Lipinski definition) is 5. The fourth-order valence-electron chi connectivity index (χ4n) is 2.31. The van der Waals surface area contributed by atoms with Gasteiger partial charge in [-0.3, -0.25) is 0 Å². The molecule has 2 heterocycles. The van der Waals surface area contributed by atoms with Gasteiger partial charge in [-0.1, -0.05) is 41.6 Å². The predicted octanol–water partition coefficient (Wildman–Crippen LogP) is 4.56. The molecule has 2 aromatic carbocycles. The Hall–Kier alpha value is -2.66. The van der Waals surface area contributed by atoms with Gasteiger partial charge < -0.3 is 9.84 Å². The highest BCUT2D eigenvalue weighted by Crippen LogP contribution is 2.22. The second-order valence-electron chi connectivity index (χ2n) is 4.90. The zero-order valence-corrected chi connectivity index (χ0v) is 12.5. The van der Waals surface area contributed by atoms with Gasteiger partial charge in [0.2, 0.25) is 11.7 Å². The van der Waals surface area contributed by atoms with Gasteiger partial charge in [0.15, 0.2) is 0 Å². The summed E-state index contributed by atoms with van der Waals surface area (Å²) in [7, 11) is 0. The summed E-state index contributed by atoms with van der Waals surface area (Å²) in [6.45, 7) is 0.511. The minimum atomic E-state index is 0.511. The molecule has 1 N–H and O–H groups in total. The molecule has 0 aliphatic heterocycles. The Morgan fingerprint density at radius 2 is 1.91 bits per heavy atom. The Bertz CT molecular complexity index is 899. The van der Waals surface area contributed by atoms with Gasteiger partial charge in [-0.05, 0) is 34.4 Å². The molecule has 0 aliphatic rings. The van der Waals surface area contributed by atoms with E-state index in [1.54, 1.807) is 11.3 Å². The van der Waals surface area contributed by atoms with Gasteiger partial charge in [-0.25, -0.2) is 0 Å². The van der Waals surface area contributed by atoms with E-state index in [4.69, 9.17) is 4.52 Å². The van der Waals surface area contributed by atoms with Crippen molar-refractivity contribution >= 4 is 27.8 Å². The number of benzene rings is 2. The van der Waals surface area contributed by atoms with E-state index in [2.05, 4.69) is 45.8 Å². The normalized spacial score (nSPS) is 10.9. The molecule has 0 radical (unpaired) electrons. The molecule has 2 aromatic heterocycles. The minimum absolute atomic E-state index is 0.511. The summed E-state index contributed by atoms with van der Waals surface area (Å²) in [6.07, 6.45) is 0. The summed E-state index contributed by atoms with van der Waals surface area (Å²) in [5.41, 5.74) is 1.04. The fourth-order valence-corrected chi connectivity index (χ4v) is 2.96. The maximum atomic E-state index is 5.28. The van der Waals surface area contributed by atoms with Crippen LogP contribution in [0.3, 0.4) is 0 Å². The molecule has 0 spiro atoms. The number of anilines is 1. The van der Waals surface area contributed by atoms with Crippen molar-refractivity contribution in [1.29, 1.82) is 0 Å². The van der Waals surface area contributed by atoms with Crippen LogP contribution in [0.25, 0.3) is 21.5 Å². The van der Waals surface area contributed by atoms with E-state index in [0.29, 0.717) is 18.3 Å². The van der Waals surface area contributed by atoms with Crippen molar-refractivity contribution in [2.45, 2.75) is 6.54 Å². The first-order valence-corrected chi connectivity index (χ1v) is 7.85. The highest BCUT2D eigenvalue weighted by Gasteiger charge is 2.09. The average Bonchev–Trinajstić information content (AvgIpc) is 3.24. The Balaban J connectivity index is 1.49. The number of aromatic nitrogens is 2. The van der Waals surface area contributed by atoms with Gasteiger partial charge in [0, 0.05) is 5.69 Å². The molecule has 4 rings (SSSR count). The van der Waals surface area contributed by atoms with Gasteiger partial charge in [-0.2, -0.15) is 4.98 Å². The summed E-state index contributed by atoms with van der Waals surface area (Å²) in [6, 6.07) is 18.5. The predicted molar refractivity (Wildman–Crippen MR) is 88.9 cm³/mol. The zero-order chi connectivity index (χ0) is 14.8. The monoisotopic (exact) mass is 307 g/mol. The highest BCUT2D eigenvalue weighted by atomic mass is 32.1. The lowest BCUT2D eigenvalue weighted by molar-refractivity contribution is 0.384. The molecule has 0 aliphatic carbocycles. The molecule has 0 saturated heterocycles. The Morgan fingerprint density at radius 1 is 1.00 bits per heavy atom. The Kier molecular flexibility index (Phi) is 3.33. The molecule has 0 unspecified atom stereocenters. The van der Waals surface area contributed by atoms with E-state index in [0.717, 1.165) is 10.6 Å². The Morgan fingerprint density at radius 3 is 2.77 bits per heavy atom. The van der Waals surface area contributed by atoms with Gasteiger partial charge in [0.25, 0.3) is 0 Å². The highest BCUT2D eigenvalue weighted by molar-refractivity contribution is 7.13. The van der Waals surface area contributed by atoms with Gasteiger partial charge in [0.1, 0.15) is 0 Å². The van der Waals surface area contributed by atoms with E-state index >= 15 is 0 Å². The van der Waals surface area contributed by atoms with Crippen molar-refractivity contribution in [2.24, 2.45) is 0 Å². The van der Waals surface area contributed by atoms with E-state index in [-0.39, 0.29) is 0 Å². The third-order valence-corrected chi connectivity index (χ3v) is 4.27. The first-order chi connectivity index (χ1) is 10.9. The second-order valence-corrected chi connectivity index (χ2v) is 5.85. The molecule has 4 aromatic rings. The summed E-state index contributed by atoms with van der Waals surface area (Å²) in [5.74, 6) is 1.22. The van der Waals surface area contributed by atoms with Crippen LogP contribution in [0.2, 0.25) is 0 Å². The zero-order valence-electron chi connectivity index (χ0n) is 11.7. The second kappa shape index (κ2) is 5.61. The number of thiophene rings is 1. The first kappa shape index (κ1) is 13.0. The van der Waals surface area contributed by atoms with Crippen molar-refractivity contribution in [3.05, 3.63) is 65.9 Å². The van der Waals surface area contributed by atoms with E-state index in [9.17, 15) is 0 Å². The number of hydrogen-bond donors (Lipinski definition) is 1. The fraction of sp³-hybridized carbons (Fsp3) is 0.0588. The van der Waals surface area contributed by atoms with Crippen LogP contribution in [0.15, 0.2) is 64.5 Å². The molecular weight excluding hydrogens is 294 g/mol. The molecule has 0 atom stereocenters. The summed E-state index contributed by atoms with van der Waals surface area (Å²) in [5, 5.41) is 11.8. The molecule has 22 heavy (non-hydrogen) atoms. The average molecular weight is 307 g/mol. The summed E-state index contributed by atoms with van der Waals surface area (Å²) in [4.78, 5) is 5.41. The first-order valence-electron chi connectivity index (χ1n) is 6.98. The van der Waals surface area contributed by atoms with Crippen LogP contribution in [0.5, 0.6) is 0 Å². The van der Waals surface area contributed by atoms with Crippen LogP contribution in [0.4, 0.5) is 5.69 Å². The third kappa shape index (κ3) is 2.58. The van der Waals surface area contributed by atoms with Crippen LogP contribution in [0, 0.1) is 0 Å². The Labute approximate surface area is 131 Å². The van der Waals surface area contributed by atoms with Crippen LogP contribution in [-0.4, -0.2) is 10.1 Å². The minimum Gasteiger partial charge on any atom is -0.376 e. The molecule has 0 saturated carbocycles. The summed E-state index contributed by atoms with van der Waals surface area (Å²) < 4.78 is 5.28. The largest absolute Gasteiger partial charge is 0.376 e. The standard InChI is InChI=1S/C17H13N3OS/c1-2-5-13-10-14(8-7-12(13)4-1)18-11-16-19-17(20-21-16)15-6-3-9-22-15/h1-10,18H,11H2. The smallest absolute Gasteiger partial charge is 0.246 e. The molecular formula is C17H13N3OS. The van der Waals surface area contributed by atoms with E-state index in [1.807, 2.05) is 29.6 Å². The van der Waals surface area contributed by atoms with E-state index in [1.165, 1.54) is 10.8 Å². The van der Waals surface area contributed by atoms with Gasteiger partial charge in [0.05, 0.1) is 11.4 Å². The number of nitrogens with zero attached hydrogens (tertiary/aromatic N) is 2. The van der Waals surface area contributed by atoms with Crippen molar-refractivity contribution < 1.29 is 4.52 Å².